The van der Waals surface area contributed by atoms with E-state index in [0.29, 0.717) is 0 Å². The van der Waals surface area contributed by atoms with Gasteiger partial charge >= 0.3 is 0 Å². The Hall–Kier alpha value is -0.220. The minimum absolute atomic E-state index is 0.0521. The van der Waals surface area contributed by atoms with Crippen LogP contribution < -0.4 is 0 Å². The number of carbonyl (C=O) groups is 1. The van der Waals surface area contributed by atoms with E-state index in [0.717, 1.165) is 24.5 Å². The topological polar surface area (TPSA) is 40.5 Å². The van der Waals surface area contributed by atoms with Crippen LogP contribution in [0.15, 0.2) is 0 Å². The summed E-state index contributed by atoms with van der Waals surface area (Å²) in [7, 11) is 0. The average Bonchev–Trinajstić information content (AvgIpc) is 2.04. The molecule has 3 nitrogen and oxygen atoms in total. The van der Waals surface area contributed by atoms with Gasteiger partial charge in [-0.1, -0.05) is 0 Å². The third kappa shape index (κ3) is 1.64. The zero-order valence-corrected chi connectivity index (χ0v) is 6.51. The number of hydrogen-bond acceptors (Lipinski definition) is 3. The quantitative estimate of drug-likeness (QED) is 0.558. The molecule has 0 aromatic carbocycles. The van der Waals surface area contributed by atoms with Gasteiger partial charge in [0.15, 0.2) is 0 Å². The number of amides is 1. The average molecular weight is 161 g/mol. The van der Waals surface area contributed by atoms with Crippen molar-refractivity contribution in [2.24, 2.45) is 0 Å². The molecule has 0 radical (unpaired) electrons. The van der Waals surface area contributed by atoms with E-state index in [1.165, 1.54) is 0 Å². The molecule has 1 aliphatic heterocycles. The van der Waals surface area contributed by atoms with Crippen LogP contribution in [0.25, 0.3) is 0 Å². The van der Waals surface area contributed by atoms with Gasteiger partial charge in [-0.2, -0.15) is 11.8 Å². The summed E-state index contributed by atoms with van der Waals surface area (Å²) in [6.45, 7) is 0.866. The van der Waals surface area contributed by atoms with Crippen LogP contribution >= 0.6 is 11.8 Å². The fraction of sp³-hybridized carbons (Fsp3) is 0.833. The van der Waals surface area contributed by atoms with Crippen LogP contribution in [0.3, 0.4) is 0 Å². The van der Waals surface area contributed by atoms with E-state index in [1.54, 1.807) is 16.7 Å². The highest BCUT2D eigenvalue weighted by Crippen LogP contribution is 2.13. The lowest BCUT2D eigenvalue weighted by Crippen LogP contribution is -2.43. The van der Waals surface area contributed by atoms with Crippen molar-refractivity contribution in [2.45, 2.75) is 6.04 Å². The molecule has 1 aliphatic rings. The van der Waals surface area contributed by atoms with Gasteiger partial charge < -0.3 is 10.0 Å². The second kappa shape index (κ2) is 3.83. The summed E-state index contributed by atoms with van der Waals surface area (Å²) in [6, 6.07) is 0.0521. The van der Waals surface area contributed by atoms with Crippen LogP contribution in [-0.2, 0) is 4.79 Å². The number of nitrogens with zero attached hydrogens (tertiary/aromatic N) is 1. The van der Waals surface area contributed by atoms with Gasteiger partial charge in [-0.3, -0.25) is 4.79 Å². The van der Waals surface area contributed by atoms with E-state index in [-0.39, 0.29) is 12.6 Å². The fourth-order valence-electron chi connectivity index (χ4n) is 0.964. The van der Waals surface area contributed by atoms with Gasteiger partial charge in [-0.25, -0.2) is 0 Å². The van der Waals surface area contributed by atoms with Gasteiger partial charge in [-0.15, -0.1) is 0 Å². The molecule has 4 heteroatoms. The SMILES string of the molecule is O=CN1CCSCC1CO. The van der Waals surface area contributed by atoms with Crippen LogP contribution in [0.4, 0.5) is 0 Å². The Morgan fingerprint density at radius 2 is 2.60 bits per heavy atom. The largest absolute Gasteiger partial charge is 0.394 e. The minimum Gasteiger partial charge on any atom is -0.394 e. The van der Waals surface area contributed by atoms with Gasteiger partial charge in [0.2, 0.25) is 6.41 Å². The van der Waals surface area contributed by atoms with Gasteiger partial charge in [0.25, 0.3) is 0 Å². The molecule has 1 atom stereocenters. The molecular formula is C6H11NO2S. The first kappa shape index (κ1) is 7.88. The van der Waals surface area contributed by atoms with Crippen LogP contribution in [-0.4, -0.2) is 47.1 Å². The Bertz CT molecular complexity index is 120. The first-order valence-corrected chi connectivity index (χ1v) is 4.43. The Kier molecular flexibility index (Phi) is 3.02. The third-order valence-electron chi connectivity index (χ3n) is 1.62. The second-order valence-electron chi connectivity index (χ2n) is 2.25. The van der Waals surface area contributed by atoms with Crippen molar-refractivity contribution in [1.82, 2.24) is 4.90 Å². The number of thioether (sulfide) groups is 1. The molecule has 0 aliphatic carbocycles. The molecule has 1 heterocycles. The third-order valence-corrected chi connectivity index (χ3v) is 2.71. The Morgan fingerprint density at radius 1 is 1.80 bits per heavy atom. The lowest BCUT2D eigenvalue weighted by Gasteiger charge is -2.30. The Balaban J connectivity index is 2.41. The summed E-state index contributed by atoms with van der Waals surface area (Å²) < 4.78 is 0. The summed E-state index contributed by atoms with van der Waals surface area (Å²) in [4.78, 5) is 12.0. The van der Waals surface area contributed by atoms with Crippen molar-refractivity contribution >= 4 is 18.2 Å². The van der Waals surface area contributed by atoms with Gasteiger partial charge in [-0.05, 0) is 0 Å². The summed E-state index contributed by atoms with van der Waals surface area (Å²) >= 11 is 1.79. The van der Waals surface area contributed by atoms with Crippen molar-refractivity contribution < 1.29 is 9.90 Å². The molecule has 0 saturated carbocycles. The molecule has 1 N–H and O–H groups in total. The minimum atomic E-state index is 0.0521. The monoisotopic (exact) mass is 161 g/mol. The maximum Gasteiger partial charge on any atom is 0.210 e. The summed E-state index contributed by atoms with van der Waals surface area (Å²) in [5, 5.41) is 8.78. The fourth-order valence-corrected chi connectivity index (χ4v) is 2.04. The van der Waals surface area contributed by atoms with Crippen LogP contribution in [0.5, 0.6) is 0 Å². The maximum atomic E-state index is 10.3. The number of rotatable bonds is 2. The maximum absolute atomic E-state index is 10.3. The molecule has 1 amide bonds. The molecule has 0 spiro atoms. The van der Waals surface area contributed by atoms with E-state index >= 15 is 0 Å². The summed E-state index contributed by atoms with van der Waals surface area (Å²) in [5.74, 6) is 1.87. The standard InChI is InChI=1S/C6H11NO2S/c8-3-6-4-10-2-1-7(6)5-9/h5-6,8H,1-4H2. The molecule has 58 valence electrons. The van der Waals surface area contributed by atoms with Crippen molar-refractivity contribution in [3.8, 4) is 0 Å². The Labute approximate surface area is 64.4 Å². The van der Waals surface area contributed by atoms with E-state index in [4.69, 9.17) is 5.11 Å². The lowest BCUT2D eigenvalue weighted by atomic mass is 10.3. The predicted octanol–water partition coefficient (Wildman–Crippen LogP) is -0.448. The lowest BCUT2D eigenvalue weighted by molar-refractivity contribution is -0.120. The number of aliphatic hydroxyl groups is 1. The molecule has 1 saturated heterocycles. The van der Waals surface area contributed by atoms with Crippen molar-refractivity contribution in [2.75, 3.05) is 24.7 Å². The zero-order chi connectivity index (χ0) is 7.40. The van der Waals surface area contributed by atoms with E-state index in [9.17, 15) is 4.79 Å². The highest BCUT2D eigenvalue weighted by atomic mass is 32.2. The highest BCUT2D eigenvalue weighted by Gasteiger charge is 2.19. The van der Waals surface area contributed by atoms with Gasteiger partial charge in [0.05, 0.1) is 12.6 Å². The highest BCUT2D eigenvalue weighted by molar-refractivity contribution is 7.99. The normalized spacial score (nSPS) is 26.5. The Morgan fingerprint density at radius 3 is 3.10 bits per heavy atom. The van der Waals surface area contributed by atoms with Crippen molar-refractivity contribution in [1.29, 1.82) is 0 Å². The molecule has 1 unspecified atom stereocenters. The smallest absolute Gasteiger partial charge is 0.210 e. The van der Waals surface area contributed by atoms with Crippen LogP contribution in [0.2, 0.25) is 0 Å². The first-order valence-electron chi connectivity index (χ1n) is 3.28. The first-order chi connectivity index (χ1) is 4.88. The predicted molar refractivity (Wildman–Crippen MR) is 41.0 cm³/mol. The molecule has 0 bridgehead atoms. The number of aliphatic hydroxyl groups excluding tert-OH is 1. The van der Waals surface area contributed by atoms with Crippen molar-refractivity contribution in [3.63, 3.8) is 0 Å². The zero-order valence-electron chi connectivity index (χ0n) is 5.69. The number of hydrogen-bond donors (Lipinski definition) is 1. The molecule has 1 fully saturated rings. The number of carbonyl (C=O) groups excluding carboxylic acids is 1. The molecule has 0 aromatic heterocycles. The van der Waals surface area contributed by atoms with Gasteiger partial charge in [0.1, 0.15) is 0 Å². The van der Waals surface area contributed by atoms with Crippen LogP contribution in [0, 0.1) is 0 Å². The molecule has 10 heavy (non-hydrogen) atoms. The second-order valence-corrected chi connectivity index (χ2v) is 3.40. The van der Waals surface area contributed by atoms with E-state index < -0.39 is 0 Å². The summed E-state index contributed by atoms with van der Waals surface area (Å²) in [5.41, 5.74) is 0. The van der Waals surface area contributed by atoms with Gasteiger partial charge in [0, 0.05) is 18.1 Å². The van der Waals surface area contributed by atoms with Crippen molar-refractivity contribution in [3.05, 3.63) is 0 Å². The van der Waals surface area contributed by atoms with E-state index in [1.807, 2.05) is 0 Å². The molecule has 0 aromatic rings. The molecular weight excluding hydrogens is 150 g/mol. The van der Waals surface area contributed by atoms with Crippen LogP contribution in [0.1, 0.15) is 0 Å². The summed E-state index contributed by atoms with van der Waals surface area (Å²) in [6.07, 6.45) is 0.820. The molecule has 1 rings (SSSR count). The van der Waals surface area contributed by atoms with E-state index in [2.05, 4.69) is 0 Å².